The van der Waals surface area contributed by atoms with Crippen molar-refractivity contribution in [3.8, 4) is 0 Å². The van der Waals surface area contributed by atoms with Gasteiger partial charge in [-0.3, -0.25) is 14.4 Å². The summed E-state index contributed by atoms with van der Waals surface area (Å²) in [4.78, 5) is 34.7. The number of benzene rings is 2. The van der Waals surface area contributed by atoms with Crippen molar-refractivity contribution in [2.75, 3.05) is 13.1 Å². The highest BCUT2D eigenvalue weighted by atomic mass is 16.2. The van der Waals surface area contributed by atoms with Gasteiger partial charge in [0.2, 0.25) is 17.7 Å². The van der Waals surface area contributed by atoms with Crippen molar-refractivity contribution in [1.82, 2.24) is 16.0 Å². The second-order valence-corrected chi connectivity index (χ2v) is 6.60. The van der Waals surface area contributed by atoms with Gasteiger partial charge >= 0.3 is 0 Å². The van der Waals surface area contributed by atoms with Gasteiger partial charge in [-0.15, -0.1) is 0 Å². The summed E-state index contributed by atoms with van der Waals surface area (Å²) in [5, 5.41) is 7.91. The van der Waals surface area contributed by atoms with Gasteiger partial charge in [-0.2, -0.15) is 0 Å². The van der Waals surface area contributed by atoms with Crippen LogP contribution in [0.2, 0.25) is 0 Å². The van der Waals surface area contributed by atoms with Gasteiger partial charge in [-0.05, 0) is 30.4 Å². The molecule has 3 amide bonds. The highest BCUT2D eigenvalue weighted by Crippen LogP contribution is 2.19. The van der Waals surface area contributed by atoms with E-state index < -0.39 is 5.91 Å². The molecule has 6 nitrogen and oxygen atoms in total. The van der Waals surface area contributed by atoms with Gasteiger partial charge in [0.25, 0.3) is 0 Å². The maximum atomic E-state index is 12.3. The van der Waals surface area contributed by atoms with Gasteiger partial charge < -0.3 is 16.0 Å². The van der Waals surface area contributed by atoms with Crippen LogP contribution < -0.4 is 16.0 Å². The molecule has 0 aliphatic rings. The lowest BCUT2D eigenvalue weighted by atomic mass is 9.99. The SMILES string of the molecule is CC(=O)NCC(=O)NCC(=O)NC(CCCc1ccccc1)c1ccccc1. The number of hydrogen-bond acceptors (Lipinski definition) is 3. The Balaban J connectivity index is 1.86. The highest BCUT2D eigenvalue weighted by molar-refractivity contribution is 5.87. The number of nitrogens with one attached hydrogen (secondary N) is 3. The molecule has 0 radical (unpaired) electrons. The van der Waals surface area contributed by atoms with E-state index >= 15 is 0 Å². The van der Waals surface area contributed by atoms with E-state index in [0.717, 1.165) is 24.8 Å². The zero-order chi connectivity index (χ0) is 20.2. The quantitative estimate of drug-likeness (QED) is 0.589. The molecule has 0 bridgehead atoms. The summed E-state index contributed by atoms with van der Waals surface area (Å²) in [6.07, 6.45) is 2.66. The van der Waals surface area contributed by atoms with Crippen LogP contribution in [0.5, 0.6) is 0 Å². The first-order chi connectivity index (χ1) is 13.5. The first-order valence-electron chi connectivity index (χ1n) is 9.44. The lowest BCUT2D eigenvalue weighted by Gasteiger charge is -2.19. The summed E-state index contributed by atoms with van der Waals surface area (Å²) < 4.78 is 0. The molecule has 0 aromatic heterocycles. The van der Waals surface area contributed by atoms with Crippen LogP contribution in [-0.4, -0.2) is 30.8 Å². The van der Waals surface area contributed by atoms with E-state index in [4.69, 9.17) is 0 Å². The molecule has 0 fully saturated rings. The third kappa shape index (κ3) is 8.03. The molecule has 1 atom stereocenters. The fourth-order valence-corrected chi connectivity index (χ4v) is 2.85. The Hall–Kier alpha value is -3.15. The van der Waals surface area contributed by atoms with E-state index in [1.165, 1.54) is 12.5 Å². The Bertz CT molecular complexity index is 763. The van der Waals surface area contributed by atoms with Gasteiger partial charge in [0.15, 0.2) is 0 Å². The smallest absolute Gasteiger partial charge is 0.239 e. The molecule has 6 heteroatoms. The number of aryl methyl sites for hydroxylation is 1. The molecule has 2 aromatic rings. The first-order valence-corrected chi connectivity index (χ1v) is 9.44. The van der Waals surface area contributed by atoms with Crippen LogP contribution in [-0.2, 0) is 20.8 Å². The number of carbonyl (C=O) groups is 3. The average Bonchev–Trinajstić information content (AvgIpc) is 2.71. The largest absolute Gasteiger partial charge is 0.348 e. The minimum atomic E-state index is -0.398. The second kappa shape index (κ2) is 11.5. The van der Waals surface area contributed by atoms with Gasteiger partial charge in [0, 0.05) is 6.92 Å². The normalized spacial score (nSPS) is 11.3. The lowest BCUT2D eigenvalue weighted by Crippen LogP contribution is -2.42. The van der Waals surface area contributed by atoms with Crippen LogP contribution in [0.4, 0.5) is 0 Å². The third-order valence-corrected chi connectivity index (χ3v) is 4.28. The maximum Gasteiger partial charge on any atom is 0.239 e. The molecule has 2 rings (SSSR count). The maximum absolute atomic E-state index is 12.3. The van der Waals surface area contributed by atoms with Crippen LogP contribution in [0.1, 0.15) is 36.9 Å². The predicted molar refractivity (Wildman–Crippen MR) is 108 cm³/mol. The van der Waals surface area contributed by atoms with E-state index in [0.29, 0.717) is 0 Å². The molecule has 2 aromatic carbocycles. The van der Waals surface area contributed by atoms with Crippen molar-refractivity contribution in [1.29, 1.82) is 0 Å². The van der Waals surface area contributed by atoms with Gasteiger partial charge in [-0.1, -0.05) is 60.7 Å². The van der Waals surface area contributed by atoms with Crippen LogP contribution in [0.15, 0.2) is 60.7 Å². The highest BCUT2D eigenvalue weighted by Gasteiger charge is 2.15. The number of amides is 3. The summed E-state index contributed by atoms with van der Waals surface area (Å²) in [7, 11) is 0. The topological polar surface area (TPSA) is 87.3 Å². The molecule has 0 saturated heterocycles. The Labute approximate surface area is 165 Å². The average molecular weight is 381 g/mol. The van der Waals surface area contributed by atoms with Crippen molar-refractivity contribution >= 4 is 17.7 Å². The molecule has 0 aliphatic heterocycles. The van der Waals surface area contributed by atoms with Gasteiger partial charge in [-0.25, -0.2) is 0 Å². The predicted octanol–water partition coefficient (Wildman–Crippen LogP) is 2.12. The Morgan fingerprint density at radius 2 is 1.43 bits per heavy atom. The Morgan fingerprint density at radius 1 is 0.821 bits per heavy atom. The van der Waals surface area contributed by atoms with Crippen molar-refractivity contribution in [2.24, 2.45) is 0 Å². The van der Waals surface area contributed by atoms with Crippen molar-refractivity contribution in [3.05, 3.63) is 71.8 Å². The van der Waals surface area contributed by atoms with E-state index in [1.807, 2.05) is 48.5 Å². The molecule has 1 unspecified atom stereocenters. The fraction of sp³-hybridized carbons (Fsp3) is 0.318. The number of rotatable bonds is 10. The molecule has 0 saturated carbocycles. The van der Waals surface area contributed by atoms with Crippen molar-refractivity contribution in [3.63, 3.8) is 0 Å². The third-order valence-electron chi connectivity index (χ3n) is 4.28. The summed E-state index contributed by atoms with van der Waals surface area (Å²) in [6.45, 7) is 1.07. The molecule has 0 heterocycles. The van der Waals surface area contributed by atoms with E-state index in [-0.39, 0.29) is 30.9 Å². The summed E-state index contributed by atoms with van der Waals surface area (Å²) in [5.41, 5.74) is 2.30. The number of hydrogen-bond donors (Lipinski definition) is 3. The van der Waals surface area contributed by atoms with Gasteiger partial charge in [0.05, 0.1) is 19.1 Å². The summed E-state index contributed by atoms with van der Waals surface area (Å²) in [6, 6.07) is 19.9. The van der Waals surface area contributed by atoms with Gasteiger partial charge in [0.1, 0.15) is 0 Å². The minimum absolute atomic E-state index is 0.121. The molecule has 0 spiro atoms. The monoisotopic (exact) mass is 381 g/mol. The zero-order valence-corrected chi connectivity index (χ0v) is 16.1. The Morgan fingerprint density at radius 3 is 2.07 bits per heavy atom. The summed E-state index contributed by atoms with van der Waals surface area (Å²) in [5.74, 6) is -0.947. The molecular weight excluding hydrogens is 354 g/mol. The fourth-order valence-electron chi connectivity index (χ4n) is 2.85. The molecule has 148 valence electrons. The van der Waals surface area contributed by atoms with E-state index in [9.17, 15) is 14.4 Å². The van der Waals surface area contributed by atoms with Crippen LogP contribution in [0, 0.1) is 0 Å². The number of carbonyl (C=O) groups excluding carboxylic acids is 3. The van der Waals surface area contributed by atoms with Crippen molar-refractivity contribution in [2.45, 2.75) is 32.2 Å². The first kappa shape index (κ1) is 21.2. The van der Waals surface area contributed by atoms with Crippen molar-refractivity contribution < 1.29 is 14.4 Å². The van der Waals surface area contributed by atoms with E-state index in [2.05, 4.69) is 28.1 Å². The molecular formula is C22H27N3O3. The summed E-state index contributed by atoms with van der Waals surface area (Å²) >= 11 is 0. The molecule has 0 aliphatic carbocycles. The second-order valence-electron chi connectivity index (χ2n) is 6.60. The minimum Gasteiger partial charge on any atom is -0.348 e. The zero-order valence-electron chi connectivity index (χ0n) is 16.1. The van der Waals surface area contributed by atoms with Crippen LogP contribution >= 0.6 is 0 Å². The Kier molecular flexibility index (Phi) is 8.72. The van der Waals surface area contributed by atoms with E-state index in [1.54, 1.807) is 0 Å². The van der Waals surface area contributed by atoms with Crippen LogP contribution in [0.3, 0.4) is 0 Å². The standard InChI is InChI=1S/C22H27N3O3/c1-17(26)23-15-21(27)24-16-22(28)25-20(19-12-6-3-7-13-19)14-8-11-18-9-4-2-5-10-18/h2-7,9-10,12-13,20H,8,11,14-16H2,1H3,(H,23,26)(H,24,27)(H,25,28). The van der Waals surface area contributed by atoms with Crippen LogP contribution in [0.25, 0.3) is 0 Å². The molecule has 28 heavy (non-hydrogen) atoms. The molecule has 3 N–H and O–H groups in total. The lowest BCUT2D eigenvalue weighted by molar-refractivity contribution is -0.127.